The number of thiazole rings is 1. The summed E-state index contributed by atoms with van der Waals surface area (Å²) in [4.78, 5) is 3.74. The van der Waals surface area contributed by atoms with E-state index in [0.717, 1.165) is 0 Å². The van der Waals surface area contributed by atoms with Gasteiger partial charge in [0.1, 0.15) is 0 Å². The van der Waals surface area contributed by atoms with Crippen molar-refractivity contribution in [3.63, 3.8) is 0 Å². The van der Waals surface area contributed by atoms with E-state index in [-0.39, 0.29) is 0 Å². The minimum Gasteiger partial charge on any atom is -0.253 e. The number of fused-ring (bicyclic) bond motifs is 3. The van der Waals surface area contributed by atoms with Crippen molar-refractivity contribution in [2.75, 3.05) is 0 Å². The minimum absolute atomic E-state index is 1.38. The van der Waals surface area contributed by atoms with Crippen molar-refractivity contribution in [2.24, 2.45) is 0 Å². The normalized spacial score (nSPS) is 10.2. The second-order valence-corrected chi connectivity index (χ2v) is 5.61. The summed E-state index contributed by atoms with van der Waals surface area (Å²) in [5, 5.41) is 4.69. The van der Waals surface area contributed by atoms with Gasteiger partial charge in [-0.2, -0.15) is 0 Å². The molecule has 18 heavy (non-hydrogen) atoms. The molecule has 0 fully saturated rings. The van der Waals surface area contributed by atoms with Crippen LogP contribution in [0, 0.1) is 0 Å². The Morgan fingerprint density at radius 2 is 1.39 bits per heavy atom. The number of thiophene rings is 1. The van der Waals surface area contributed by atoms with Crippen molar-refractivity contribution in [3.8, 4) is 0 Å². The molecule has 0 unspecified atom stereocenters. The molecule has 0 saturated heterocycles. The van der Waals surface area contributed by atoms with Gasteiger partial charge in [0.05, 0.1) is 5.51 Å². The molecule has 0 aliphatic heterocycles. The smallest absolute Gasteiger partial charge is 0.0791 e. The fourth-order valence-corrected chi connectivity index (χ4v) is 3.31. The van der Waals surface area contributed by atoms with Crippen LogP contribution in [0.15, 0.2) is 65.6 Å². The number of aromatic nitrogens is 1. The van der Waals surface area contributed by atoms with E-state index in [1.54, 1.807) is 23.0 Å². The maximum Gasteiger partial charge on any atom is 0.0791 e. The zero-order valence-electron chi connectivity index (χ0n) is 9.61. The van der Waals surface area contributed by atoms with Crippen LogP contribution in [0.5, 0.6) is 0 Å². The van der Waals surface area contributed by atoms with E-state index in [4.69, 9.17) is 0 Å². The second kappa shape index (κ2) is 5.29. The zero-order chi connectivity index (χ0) is 12.2. The van der Waals surface area contributed by atoms with Gasteiger partial charge in [0, 0.05) is 31.7 Å². The van der Waals surface area contributed by atoms with E-state index in [2.05, 4.69) is 53.5 Å². The van der Waals surface area contributed by atoms with Gasteiger partial charge in [0.25, 0.3) is 0 Å². The number of hydrogen-bond donors (Lipinski definition) is 0. The molecule has 0 bridgehead atoms. The lowest BCUT2D eigenvalue weighted by Crippen LogP contribution is -1.62. The zero-order valence-corrected chi connectivity index (χ0v) is 11.2. The van der Waals surface area contributed by atoms with E-state index in [9.17, 15) is 0 Å². The Balaban J connectivity index is 0.000000169. The average molecular weight is 269 g/mol. The molecular weight excluding hydrogens is 258 g/mol. The third-order valence-electron chi connectivity index (χ3n) is 2.63. The Labute approximate surface area is 113 Å². The van der Waals surface area contributed by atoms with Crippen molar-refractivity contribution in [1.82, 2.24) is 4.98 Å². The predicted molar refractivity (Wildman–Crippen MR) is 81.4 cm³/mol. The molecule has 0 amide bonds. The Bertz CT molecular complexity index is 674. The van der Waals surface area contributed by atoms with Crippen molar-refractivity contribution < 1.29 is 0 Å². The second-order valence-electron chi connectivity index (χ2n) is 3.77. The Morgan fingerprint density at radius 3 is 1.83 bits per heavy atom. The molecule has 88 valence electrons. The van der Waals surface area contributed by atoms with Crippen molar-refractivity contribution in [2.45, 2.75) is 0 Å². The highest BCUT2D eigenvalue weighted by Gasteiger charge is 2.01. The number of nitrogens with zero attached hydrogens (tertiary/aromatic N) is 1. The summed E-state index contributed by atoms with van der Waals surface area (Å²) in [6.45, 7) is 0. The van der Waals surface area contributed by atoms with Gasteiger partial charge < -0.3 is 0 Å². The predicted octanol–water partition coefficient (Wildman–Crippen LogP) is 5.20. The van der Waals surface area contributed by atoms with Crippen LogP contribution < -0.4 is 0 Å². The SMILES string of the molecule is c1ccc2c(c1)sc1ccccc12.c1cscn1. The average Bonchev–Trinajstić information content (AvgIpc) is 3.10. The summed E-state index contributed by atoms with van der Waals surface area (Å²) >= 11 is 3.46. The molecule has 0 spiro atoms. The van der Waals surface area contributed by atoms with Gasteiger partial charge >= 0.3 is 0 Å². The van der Waals surface area contributed by atoms with Gasteiger partial charge in [-0.05, 0) is 12.1 Å². The molecule has 4 rings (SSSR count). The highest BCUT2D eigenvalue weighted by Crippen LogP contribution is 2.32. The molecule has 4 aromatic rings. The molecule has 1 nitrogen and oxygen atoms in total. The topological polar surface area (TPSA) is 12.9 Å². The van der Waals surface area contributed by atoms with Crippen LogP contribution in [0.25, 0.3) is 20.2 Å². The molecule has 0 N–H and O–H groups in total. The Kier molecular flexibility index (Phi) is 3.35. The summed E-state index contributed by atoms with van der Waals surface area (Å²) in [7, 11) is 0. The minimum atomic E-state index is 1.38. The Hall–Kier alpha value is -1.71. The molecule has 0 aliphatic rings. The summed E-state index contributed by atoms with van der Waals surface area (Å²) in [6, 6.07) is 17.1. The molecule has 2 aromatic carbocycles. The lowest BCUT2D eigenvalue weighted by molar-refractivity contribution is 1.43. The van der Waals surface area contributed by atoms with E-state index in [0.29, 0.717) is 0 Å². The van der Waals surface area contributed by atoms with Gasteiger partial charge in [0.15, 0.2) is 0 Å². The number of hydrogen-bond acceptors (Lipinski definition) is 3. The third-order valence-corrected chi connectivity index (χ3v) is 4.31. The molecule has 3 heteroatoms. The highest BCUT2D eigenvalue weighted by molar-refractivity contribution is 7.25. The number of benzene rings is 2. The lowest BCUT2D eigenvalue weighted by atomic mass is 10.2. The largest absolute Gasteiger partial charge is 0.253 e. The molecule has 0 atom stereocenters. The first-order chi connectivity index (χ1) is 8.95. The monoisotopic (exact) mass is 269 g/mol. The van der Waals surface area contributed by atoms with Crippen LogP contribution in [0.2, 0.25) is 0 Å². The molecule has 2 aromatic heterocycles. The first kappa shape index (κ1) is 11.4. The van der Waals surface area contributed by atoms with Gasteiger partial charge in [-0.1, -0.05) is 36.4 Å². The molecular formula is C15H11NS2. The van der Waals surface area contributed by atoms with Crippen LogP contribution in [0.4, 0.5) is 0 Å². The quantitative estimate of drug-likeness (QED) is 0.427. The van der Waals surface area contributed by atoms with E-state index in [1.165, 1.54) is 20.2 Å². The summed E-state index contributed by atoms with van der Waals surface area (Å²) in [6.07, 6.45) is 1.77. The third kappa shape index (κ3) is 2.28. The van der Waals surface area contributed by atoms with E-state index < -0.39 is 0 Å². The van der Waals surface area contributed by atoms with Gasteiger partial charge in [-0.15, -0.1) is 22.7 Å². The molecule has 0 saturated carbocycles. The molecule has 0 aliphatic carbocycles. The van der Waals surface area contributed by atoms with Crippen molar-refractivity contribution >= 4 is 42.8 Å². The lowest BCUT2D eigenvalue weighted by Gasteiger charge is -1.88. The van der Waals surface area contributed by atoms with Crippen LogP contribution >= 0.6 is 22.7 Å². The summed E-state index contributed by atoms with van der Waals surface area (Å²) in [5.74, 6) is 0. The fourth-order valence-electron chi connectivity index (χ4n) is 1.85. The Morgan fingerprint density at radius 1 is 0.778 bits per heavy atom. The van der Waals surface area contributed by atoms with E-state index in [1.807, 2.05) is 16.7 Å². The first-order valence-corrected chi connectivity index (χ1v) is 7.39. The van der Waals surface area contributed by atoms with Crippen molar-refractivity contribution in [3.05, 3.63) is 65.6 Å². The first-order valence-electron chi connectivity index (χ1n) is 5.63. The fraction of sp³-hybridized carbons (Fsp3) is 0. The van der Waals surface area contributed by atoms with E-state index >= 15 is 0 Å². The van der Waals surface area contributed by atoms with Crippen molar-refractivity contribution in [1.29, 1.82) is 0 Å². The van der Waals surface area contributed by atoms with Crippen LogP contribution in [-0.4, -0.2) is 4.98 Å². The van der Waals surface area contributed by atoms with Gasteiger partial charge in [0.2, 0.25) is 0 Å². The van der Waals surface area contributed by atoms with Crippen LogP contribution in [0.1, 0.15) is 0 Å². The molecule has 2 heterocycles. The summed E-state index contributed by atoms with van der Waals surface area (Å²) in [5.41, 5.74) is 1.79. The number of rotatable bonds is 0. The van der Waals surface area contributed by atoms with Crippen LogP contribution in [0.3, 0.4) is 0 Å². The standard InChI is InChI=1S/C12H8S.C3H3NS/c1-3-7-11-9(5-1)10-6-2-4-8-12(10)13-11;1-2-5-3-4-1/h1-8H;1-3H. The summed E-state index contributed by atoms with van der Waals surface area (Å²) < 4.78 is 2.76. The van der Waals surface area contributed by atoms with Gasteiger partial charge in [-0.25, -0.2) is 0 Å². The maximum atomic E-state index is 3.74. The van der Waals surface area contributed by atoms with Crippen LogP contribution in [-0.2, 0) is 0 Å². The van der Waals surface area contributed by atoms with Gasteiger partial charge in [-0.3, -0.25) is 4.98 Å². The molecule has 0 radical (unpaired) electrons. The highest BCUT2D eigenvalue weighted by atomic mass is 32.1. The maximum absolute atomic E-state index is 3.74.